The molecule has 0 atom stereocenters. The van der Waals surface area contributed by atoms with E-state index in [4.69, 9.17) is 0 Å². The van der Waals surface area contributed by atoms with Crippen LogP contribution in [-0.2, 0) is 0 Å². The second-order valence-electron chi connectivity index (χ2n) is 3.58. The highest BCUT2D eigenvalue weighted by atomic mass is 32.1. The maximum atomic E-state index is 4.16. The van der Waals surface area contributed by atoms with Crippen LogP contribution in [0.25, 0.3) is 17.2 Å². The molecule has 0 spiro atoms. The summed E-state index contributed by atoms with van der Waals surface area (Å²) < 4.78 is 0. The van der Waals surface area contributed by atoms with E-state index in [9.17, 15) is 0 Å². The third-order valence-corrected chi connectivity index (χ3v) is 2.62. The monoisotopic (exact) mass is 226 g/mol. The van der Waals surface area contributed by atoms with Gasteiger partial charge in [0, 0.05) is 5.75 Å². The van der Waals surface area contributed by atoms with Gasteiger partial charge in [0.05, 0.1) is 0 Å². The Balaban J connectivity index is 2.33. The quantitative estimate of drug-likeness (QED) is 0.741. The Hall–Kier alpha value is -1.47. The number of thiol groups is 1. The van der Waals surface area contributed by atoms with Crippen molar-refractivity contribution in [3.05, 3.63) is 66.2 Å². The molecule has 0 aliphatic carbocycles. The fourth-order valence-corrected chi connectivity index (χ4v) is 1.75. The van der Waals surface area contributed by atoms with Crippen LogP contribution in [0, 0.1) is 0 Å². The van der Waals surface area contributed by atoms with E-state index in [1.165, 1.54) is 16.7 Å². The Morgan fingerprint density at radius 3 is 2.38 bits per heavy atom. The van der Waals surface area contributed by atoms with E-state index in [1.54, 1.807) is 0 Å². The summed E-state index contributed by atoms with van der Waals surface area (Å²) in [6.07, 6.45) is 4.15. The second kappa shape index (κ2) is 5.57. The van der Waals surface area contributed by atoms with Crippen LogP contribution in [-0.4, -0.2) is 5.75 Å². The van der Waals surface area contributed by atoms with Crippen molar-refractivity contribution >= 4 is 18.7 Å². The second-order valence-corrected chi connectivity index (χ2v) is 3.94. The molecule has 0 fully saturated rings. The minimum absolute atomic E-state index is 0.773. The third kappa shape index (κ3) is 2.77. The Kier molecular flexibility index (Phi) is 3.84. The van der Waals surface area contributed by atoms with Crippen molar-refractivity contribution in [1.82, 2.24) is 0 Å². The lowest BCUT2D eigenvalue weighted by molar-refractivity contribution is 1.59. The van der Waals surface area contributed by atoms with Gasteiger partial charge >= 0.3 is 0 Å². The predicted molar refractivity (Wildman–Crippen MR) is 74.8 cm³/mol. The van der Waals surface area contributed by atoms with E-state index in [0.717, 1.165) is 5.75 Å². The summed E-state index contributed by atoms with van der Waals surface area (Å²) in [5.74, 6) is 0.773. The molecule has 0 heterocycles. The molecule has 0 radical (unpaired) electrons. The first-order valence-corrected chi connectivity index (χ1v) is 5.96. The molecule has 0 amide bonds. The molecular weight excluding hydrogens is 212 g/mol. The van der Waals surface area contributed by atoms with Crippen LogP contribution < -0.4 is 0 Å². The van der Waals surface area contributed by atoms with E-state index < -0.39 is 0 Å². The van der Waals surface area contributed by atoms with Crippen molar-refractivity contribution in [2.24, 2.45) is 0 Å². The molecule has 0 bridgehead atoms. The average Bonchev–Trinajstić information content (AvgIpc) is 2.38. The zero-order valence-electron chi connectivity index (χ0n) is 9.01. The van der Waals surface area contributed by atoms with Gasteiger partial charge < -0.3 is 0 Å². The van der Waals surface area contributed by atoms with Crippen molar-refractivity contribution in [2.45, 2.75) is 0 Å². The maximum Gasteiger partial charge on any atom is 0.00858 e. The number of hydrogen-bond acceptors (Lipinski definition) is 1. The Morgan fingerprint density at radius 2 is 1.62 bits per heavy atom. The lowest BCUT2D eigenvalue weighted by Crippen LogP contribution is -1.78. The first-order chi connectivity index (χ1) is 7.90. The summed E-state index contributed by atoms with van der Waals surface area (Å²) in [5, 5.41) is 0. The molecule has 2 aromatic rings. The SMILES string of the molecule is SCC=Cc1cccc(-c2ccccc2)c1. The molecule has 2 rings (SSSR count). The lowest BCUT2D eigenvalue weighted by Gasteiger charge is -2.02. The molecule has 16 heavy (non-hydrogen) atoms. The minimum Gasteiger partial charge on any atom is -0.175 e. The van der Waals surface area contributed by atoms with Crippen molar-refractivity contribution in [2.75, 3.05) is 5.75 Å². The number of benzene rings is 2. The summed E-state index contributed by atoms with van der Waals surface area (Å²) in [6, 6.07) is 18.9. The van der Waals surface area contributed by atoms with E-state index in [0.29, 0.717) is 0 Å². The number of hydrogen-bond donors (Lipinski definition) is 1. The van der Waals surface area contributed by atoms with Crippen LogP contribution in [0.5, 0.6) is 0 Å². The first kappa shape index (κ1) is 11.0. The molecule has 80 valence electrons. The lowest BCUT2D eigenvalue weighted by atomic mass is 10.0. The molecule has 1 heteroatoms. The van der Waals surface area contributed by atoms with Gasteiger partial charge in [-0.1, -0.05) is 60.7 Å². The largest absolute Gasteiger partial charge is 0.175 e. The van der Waals surface area contributed by atoms with Gasteiger partial charge in [-0.05, 0) is 22.8 Å². The van der Waals surface area contributed by atoms with E-state index in [2.05, 4.69) is 67.2 Å². The van der Waals surface area contributed by atoms with Gasteiger partial charge in [-0.3, -0.25) is 0 Å². The van der Waals surface area contributed by atoms with Gasteiger partial charge in [-0.25, -0.2) is 0 Å². The summed E-state index contributed by atoms with van der Waals surface area (Å²) in [7, 11) is 0. The maximum absolute atomic E-state index is 4.16. The molecule has 0 aliphatic heterocycles. The standard InChI is InChI=1S/C15H14S/c16-11-5-7-13-6-4-10-15(12-13)14-8-2-1-3-9-14/h1-10,12,16H,11H2. The molecule has 0 unspecified atom stereocenters. The summed E-state index contributed by atoms with van der Waals surface area (Å²) in [6.45, 7) is 0. The zero-order chi connectivity index (χ0) is 11.2. The van der Waals surface area contributed by atoms with Crippen LogP contribution in [0.1, 0.15) is 5.56 Å². The van der Waals surface area contributed by atoms with Crippen molar-refractivity contribution in [1.29, 1.82) is 0 Å². The molecular formula is C15H14S. The molecule has 0 aliphatic rings. The summed E-state index contributed by atoms with van der Waals surface area (Å²) in [5.41, 5.74) is 3.72. The van der Waals surface area contributed by atoms with Crippen LogP contribution >= 0.6 is 12.6 Å². The van der Waals surface area contributed by atoms with Crippen molar-refractivity contribution < 1.29 is 0 Å². The van der Waals surface area contributed by atoms with Gasteiger partial charge in [-0.2, -0.15) is 12.6 Å². The van der Waals surface area contributed by atoms with Crippen molar-refractivity contribution in [3.8, 4) is 11.1 Å². The zero-order valence-corrected chi connectivity index (χ0v) is 9.90. The van der Waals surface area contributed by atoms with Gasteiger partial charge in [0.25, 0.3) is 0 Å². The summed E-state index contributed by atoms with van der Waals surface area (Å²) in [4.78, 5) is 0. The molecule has 0 nitrogen and oxygen atoms in total. The number of rotatable bonds is 3. The van der Waals surface area contributed by atoms with E-state index in [-0.39, 0.29) is 0 Å². The topological polar surface area (TPSA) is 0 Å². The van der Waals surface area contributed by atoms with Gasteiger partial charge in [0.15, 0.2) is 0 Å². The van der Waals surface area contributed by atoms with E-state index in [1.807, 2.05) is 12.1 Å². The fraction of sp³-hybridized carbons (Fsp3) is 0.0667. The van der Waals surface area contributed by atoms with Crippen LogP contribution in [0.4, 0.5) is 0 Å². The molecule has 0 N–H and O–H groups in total. The molecule has 0 saturated carbocycles. The van der Waals surface area contributed by atoms with Crippen LogP contribution in [0.2, 0.25) is 0 Å². The molecule has 0 saturated heterocycles. The third-order valence-electron chi connectivity index (χ3n) is 2.41. The van der Waals surface area contributed by atoms with Crippen molar-refractivity contribution in [3.63, 3.8) is 0 Å². The highest BCUT2D eigenvalue weighted by molar-refractivity contribution is 7.80. The van der Waals surface area contributed by atoms with Crippen LogP contribution in [0.3, 0.4) is 0 Å². The molecule has 0 aromatic heterocycles. The normalized spacial score (nSPS) is 10.8. The highest BCUT2D eigenvalue weighted by Crippen LogP contribution is 2.20. The van der Waals surface area contributed by atoms with Crippen LogP contribution in [0.15, 0.2) is 60.7 Å². The summed E-state index contributed by atoms with van der Waals surface area (Å²) >= 11 is 4.16. The smallest absolute Gasteiger partial charge is 0.00858 e. The predicted octanol–water partition coefficient (Wildman–Crippen LogP) is 4.30. The first-order valence-electron chi connectivity index (χ1n) is 5.33. The Bertz CT molecular complexity index is 472. The average molecular weight is 226 g/mol. The van der Waals surface area contributed by atoms with Gasteiger partial charge in [-0.15, -0.1) is 0 Å². The Morgan fingerprint density at radius 1 is 0.875 bits per heavy atom. The molecule has 2 aromatic carbocycles. The van der Waals surface area contributed by atoms with E-state index >= 15 is 0 Å². The van der Waals surface area contributed by atoms with Gasteiger partial charge in [0.1, 0.15) is 0 Å². The fourth-order valence-electron chi connectivity index (χ4n) is 1.64. The Labute approximate surface area is 102 Å². The minimum atomic E-state index is 0.773. The highest BCUT2D eigenvalue weighted by Gasteiger charge is 1.96. The van der Waals surface area contributed by atoms with Gasteiger partial charge in [0.2, 0.25) is 0 Å².